The Hall–Kier alpha value is 14.1. The summed E-state index contributed by atoms with van der Waals surface area (Å²) in [5.74, 6) is 0. The van der Waals surface area contributed by atoms with E-state index in [0.29, 0.717) is 0 Å². The third-order valence-corrected chi connectivity index (χ3v) is 9.04. The van der Waals surface area contributed by atoms with Crippen LogP contribution in [0.25, 0.3) is 0 Å². The van der Waals surface area contributed by atoms with Crippen LogP contribution >= 0.6 is 0 Å². The van der Waals surface area contributed by atoms with Crippen LogP contribution in [-0.2, 0) is 145 Å². The van der Waals surface area contributed by atoms with Gasteiger partial charge in [0.25, 0.3) is 0 Å². The Labute approximate surface area is 780 Å². The second kappa shape index (κ2) is 55.2. The van der Waals surface area contributed by atoms with E-state index in [0.717, 1.165) is 0 Å². The molecule has 0 aliphatic carbocycles. The summed E-state index contributed by atoms with van der Waals surface area (Å²) in [5, 5.41) is 0. The predicted octanol–water partition coefficient (Wildman–Crippen LogP) is -36.7. The van der Waals surface area contributed by atoms with Crippen molar-refractivity contribution in [1.82, 2.24) is 0 Å². The van der Waals surface area contributed by atoms with Crippen LogP contribution in [0.2, 0.25) is 0 Å². The van der Waals surface area contributed by atoms with Crippen molar-refractivity contribution in [3.05, 3.63) is 0 Å². The van der Waals surface area contributed by atoms with Crippen LogP contribution in [-0.4, -0.2) is 197 Å². The second-order valence-corrected chi connectivity index (χ2v) is 16.4. The van der Waals surface area contributed by atoms with E-state index in [2.05, 4.69) is 37.6 Å². The van der Waals surface area contributed by atoms with Crippen molar-refractivity contribution in [3.63, 3.8) is 0 Å². The third kappa shape index (κ3) is 56.6. The number of ether oxygens (including phenoxy) is 2. The molecule has 1 heterocycles. The number of hydrogen-bond donors (Lipinski definition) is 0. The summed E-state index contributed by atoms with van der Waals surface area (Å²) >= 11 is -15.8. The van der Waals surface area contributed by atoms with Crippen LogP contribution in [0.4, 0.5) is 0 Å². The van der Waals surface area contributed by atoms with Gasteiger partial charge in [-0.25, -0.2) is 58.9 Å². The molecule has 0 saturated carbocycles. The van der Waals surface area contributed by atoms with E-state index in [4.69, 9.17) is 9.47 Å². The van der Waals surface area contributed by atoms with Crippen molar-refractivity contribution in [2.75, 3.05) is 19.8 Å². The first-order valence-corrected chi connectivity index (χ1v) is 22.8. The van der Waals surface area contributed by atoms with Gasteiger partial charge < -0.3 is 72.4 Å². The Morgan fingerprint density at radius 1 is 0.471 bits per heavy atom. The van der Waals surface area contributed by atoms with Gasteiger partial charge in [0.05, 0.1) is 65.3 Å². The first kappa shape index (κ1) is 113. The number of hydrogen-bond acceptors (Lipinski definition) is 38. The summed E-state index contributed by atoms with van der Waals surface area (Å²) in [7, 11) is -31.7. The molecule has 38 nitrogen and oxygen atoms in total. The van der Waals surface area contributed by atoms with Gasteiger partial charge in [0.1, 0.15) is 42.7 Å². The second-order valence-electron chi connectivity index (χ2n) is 8.87. The molecule has 13 atom stereocenters. The van der Waals surface area contributed by atoms with Crippen LogP contribution in [0.5, 0.6) is 0 Å². The molecule has 0 aromatic rings. The minimum absolute atomic E-state index is 0. The van der Waals surface area contributed by atoms with Gasteiger partial charge in [-0.2, -0.15) is 0 Å². The maximum Gasteiger partial charge on any atom is 1.00 e. The predicted molar refractivity (Wildman–Crippen MR) is 153 cm³/mol. The maximum absolute atomic E-state index is 11.8. The molecular formula is C12H19K9O38S9-4. The average molecular weight is 1410 g/mol. The molecule has 1 aliphatic heterocycles. The standard InChI is InChI=1S/C12H24O34S9.9K.4H2O/c13-47(14)36-1-4-8(42-49(17)18)10(43-50(19)20)11(46-55(33,34)35)12(39-4)40-7(6(44-53(27,28)29)3-38-52(24,25)26)9(45-54(30,31)32)5(41-48(15)16)2-37-51(21,22)23;;;;;;;;;;;;;/h4-12H,1-3H2,(H,13,14)(H,15,16)(H,17,18)(H,19,20)(H,21,22,23)(H,24,25,26)(H,27,28,29)(H,30,31,32)(H,33,34,35);;;;;;;;;;4*1H2/q;9*+1;;;;/p-13/t4-,5+,6-,7-,8-,9-,10+,11-,12-;;;;;;;;;;;;;/m1............./s1. The largest absolute Gasteiger partial charge is 1.00 e. The SMILES string of the molecule is O=S([O-])OC[C@H]1O[C@H](O[C@@H]([C@H](OS(=O)(=O)[O-])[C@H](COS(=O)(=O)[O-])OS(=O)[O-])[C@@H](COS(=O)(=O)[O-])OS(=O)(=O)[O-])[C@H](OS(=O)(=O)[O-])[C@@H](OS(=O)[O-])[C@@H]1OS(=O)[O-].[K+].[K+].[K+].[K+].[K+].[K+].[K+].[K+].[K+].[OH-].[OH-].[OH-].[OH-]. The molecule has 56 heteroatoms. The van der Waals surface area contributed by atoms with E-state index in [1.165, 1.54) is 0 Å². The van der Waals surface area contributed by atoms with Gasteiger partial charge >= 0.3 is 462 Å². The third-order valence-electron chi connectivity index (χ3n) is 5.30. The Morgan fingerprint density at radius 2 is 0.853 bits per heavy atom. The Kier molecular flexibility index (Phi) is 91.8. The van der Waals surface area contributed by atoms with Crippen molar-refractivity contribution < 1.29 is 631 Å². The Balaban J connectivity index is -0.000000212. The first-order chi connectivity index (χ1) is 24.7. The molecule has 4 unspecified atom stereocenters. The van der Waals surface area contributed by atoms with Gasteiger partial charge in [0.15, 0.2) is 12.4 Å². The minimum Gasteiger partial charge on any atom is -0.870 e. The molecule has 4 N–H and O–H groups in total. The molecular weight excluding hydrogens is 1390 g/mol. The van der Waals surface area contributed by atoms with Gasteiger partial charge in [0.2, 0.25) is 52.0 Å². The van der Waals surface area contributed by atoms with Gasteiger partial charge in [-0.05, 0) is 0 Å². The maximum atomic E-state index is 11.8. The fraction of sp³-hybridized carbons (Fsp3) is 1.00. The van der Waals surface area contributed by atoms with Gasteiger partial charge in [-0.15, -0.1) is 0 Å². The zero-order valence-corrected chi connectivity index (χ0v) is 71.1. The molecule has 1 saturated heterocycles. The van der Waals surface area contributed by atoms with E-state index in [1.54, 1.807) is 0 Å². The summed E-state index contributed by atoms with van der Waals surface area (Å²) in [6.45, 7) is -6.23. The molecule has 68 heavy (non-hydrogen) atoms. The minimum atomic E-state index is -6.58. The van der Waals surface area contributed by atoms with Crippen LogP contribution in [0.15, 0.2) is 0 Å². The molecule has 0 spiro atoms. The van der Waals surface area contributed by atoms with Gasteiger partial charge in [-0.3, -0.25) is 37.6 Å². The summed E-state index contributed by atoms with van der Waals surface area (Å²) in [5.41, 5.74) is 0. The molecule has 1 rings (SSSR count). The van der Waals surface area contributed by atoms with E-state index in [9.17, 15) is 99.9 Å². The molecule has 362 valence electrons. The van der Waals surface area contributed by atoms with Crippen molar-refractivity contribution in [2.45, 2.75) is 55.1 Å². The van der Waals surface area contributed by atoms with E-state index >= 15 is 0 Å². The average Bonchev–Trinajstić information content (AvgIpc) is 2.93. The van der Waals surface area contributed by atoms with E-state index in [1.807, 2.05) is 0 Å². The summed E-state index contributed by atoms with van der Waals surface area (Å²) in [4.78, 5) is 0. The van der Waals surface area contributed by atoms with Crippen molar-refractivity contribution in [1.29, 1.82) is 0 Å². The smallest absolute Gasteiger partial charge is 0.870 e. The first-order valence-electron chi connectivity index (χ1n) is 12.1. The normalized spacial score (nSPS) is 21.3. The molecule has 0 aromatic carbocycles. The topological polar surface area (TPSA) is 668 Å². The zero-order chi connectivity index (χ0) is 42.9. The fourth-order valence-corrected chi connectivity index (χ4v) is 7.27. The van der Waals surface area contributed by atoms with E-state index < -0.39 is 172 Å². The molecule has 1 aliphatic rings. The van der Waals surface area contributed by atoms with Crippen LogP contribution in [0, 0.1) is 0 Å². The molecule has 1 fully saturated rings. The summed E-state index contributed by atoms with van der Waals surface area (Å²) < 4.78 is 309. The molecule has 0 bridgehead atoms. The van der Waals surface area contributed by atoms with E-state index in [-0.39, 0.29) is 484 Å². The molecule has 0 aromatic heterocycles. The molecule has 0 radical (unpaired) electrons. The quantitative estimate of drug-likeness (QED) is 0.0336. The fourth-order valence-electron chi connectivity index (χ4n) is 3.79. The zero-order valence-electron chi connectivity index (χ0n) is 35.7. The van der Waals surface area contributed by atoms with Crippen LogP contribution < -0.4 is 462 Å². The Morgan fingerprint density at radius 3 is 1.18 bits per heavy atom. The Bertz CT molecular complexity index is 1960. The van der Waals surface area contributed by atoms with Crippen molar-refractivity contribution in [3.8, 4) is 0 Å². The molecule has 0 amide bonds. The number of rotatable bonds is 26. The van der Waals surface area contributed by atoms with Crippen molar-refractivity contribution in [2.24, 2.45) is 0 Å². The monoisotopic (exact) mass is 1410 g/mol. The van der Waals surface area contributed by atoms with Crippen LogP contribution in [0.3, 0.4) is 0 Å². The summed E-state index contributed by atoms with van der Waals surface area (Å²) in [6.07, 6.45) is -29.4. The van der Waals surface area contributed by atoms with Crippen LogP contribution in [0.1, 0.15) is 0 Å². The summed E-state index contributed by atoms with van der Waals surface area (Å²) in [6, 6.07) is 0. The van der Waals surface area contributed by atoms with Crippen molar-refractivity contribution >= 4 is 97.4 Å². The van der Waals surface area contributed by atoms with Gasteiger partial charge in [-0.1, -0.05) is 0 Å². The van der Waals surface area contributed by atoms with Gasteiger partial charge in [0, 0.05) is 0 Å².